The molecule has 8 heteroatoms. The number of hydrogen-bond donors (Lipinski definition) is 3. The topological polar surface area (TPSA) is 74.5 Å². The number of aliphatic hydroxyl groups is 1. The molecule has 122 valence electrons. The van der Waals surface area contributed by atoms with Crippen LogP contribution in [0.1, 0.15) is 28.3 Å². The van der Waals surface area contributed by atoms with Crippen molar-refractivity contribution in [2.45, 2.75) is 26.1 Å². The molecule has 0 bridgehead atoms. The molecule has 0 aromatic carbocycles. The Balaban J connectivity index is 1.68. The number of piperidine rings is 1. The van der Waals surface area contributed by atoms with Gasteiger partial charge in [-0.15, -0.1) is 0 Å². The first-order valence-corrected chi connectivity index (χ1v) is 7.00. The molecule has 0 spiro atoms. The van der Waals surface area contributed by atoms with Gasteiger partial charge < -0.3 is 20.2 Å². The van der Waals surface area contributed by atoms with Gasteiger partial charge in [-0.3, -0.25) is 4.79 Å². The zero-order valence-corrected chi connectivity index (χ0v) is 12.0. The molecule has 3 N–H and O–H groups in total. The first-order chi connectivity index (χ1) is 10.2. The van der Waals surface area contributed by atoms with Gasteiger partial charge in [-0.05, 0) is 19.4 Å². The molecule has 0 unspecified atom stereocenters. The molecule has 2 aliphatic rings. The molecule has 0 radical (unpaired) electrons. The number of carbonyl (C=O) groups is 1. The number of nitrogens with one attached hydrogen (secondary N) is 2. The van der Waals surface area contributed by atoms with Gasteiger partial charge in [0.15, 0.2) is 5.76 Å². The minimum Gasteiger partial charge on any atom is -0.453 e. The monoisotopic (exact) mass is 318 g/mol. The molecule has 5 nitrogen and oxygen atoms in total. The average Bonchev–Trinajstić information content (AvgIpc) is 2.77. The maximum Gasteiger partial charge on any atom is 0.396 e. The molecule has 2 heterocycles. The van der Waals surface area contributed by atoms with Gasteiger partial charge in [0.2, 0.25) is 0 Å². The summed E-state index contributed by atoms with van der Waals surface area (Å²) < 4.78 is 44.8. The third kappa shape index (κ3) is 2.04. The Bertz CT molecular complexity index is 613. The number of aryl methyl sites for hydroxylation is 1. The van der Waals surface area contributed by atoms with Gasteiger partial charge >= 0.3 is 6.18 Å². The summed E-state index contributed by atoms with van der Waals surface area (Å²) in [7, 11) is 0. The van der Waals surface area contributed by atoms with E-state index in [9.17, 15) is 18.0 Å². The van der Waals surface area contributed by atoms with Crippen LogP contribution in [0, 0.1) is 17.8 Å². The molecular weight excluding hydrogens is 301 g/mol. The second kappa shape index (κ2) is 4.73. The highest BCUT2D eigenvalue weighted by molar-refractivity contribution is 5.93. The normalized spacial score (nSPS) is 30.2. The lowest BCUT2D eigenvalue weighted by atomic mass is 9.95. The van der Waals surface area contributed by atoms with Gasteiger partial charge in [0.25, 0.3) is 5.91 Å². The Morgan fingerprint density at radius 2 is 2.23 bits per heavy atom. The molecule has 22 heavy (non-hydrogen) atoms. The molecule has 2 fully saturated rings. The van der Waals surface area contributed by atoms with Crippen molar-refractivity contribution in [3.63, 3.8) is 0 Å². The van der Waals surface area contributed by atoms with E-state index in [-0.39, 0.29) is 44.2 Å². The van der Waals surface area contributed by atoms with E-state index in [4.69, 9.17) is 9.52 Å². The predicted octanol–water partition coefficient (Wildman–Crippen LogP) is 1.35. The molecule has 1 amide bonds. The fraction of sp³-hybridized carbons (Fsp3) is 0.643. The minimum atomic E-state index is -4.27. The van der Waals surface area contributed by atoms with Gasteiger partial charge in [0, 0.05) is 30.6 Å². The number of halogens is 3. The van der Waals surface area contributed by atoms with Crippen molar-refractivity contribution in [2.75, 3.05) is 19.6 Å². The molecule has 1 aromatic heterocycles. The number of furan rings is 1. The summed E-state index contributed by atoms with van der Waals surface area (Å²) in [5, 5.41) is 14.3. The highest BCUT2D eigenvalue weighted by Gasteiger charge is 2.81. The summed E-state index contributed by atoms with van der Waals surface area (Å²) in [6.45, 7) is 1.41. The molecule has 2 atom stereocenters. The highest BCUT2D eigenvalue weighted by atomic mass is 19.4. The standard InChI is InChI=1S/C14H17F3N2O3/c1-8-2-9(3-20)22-10(8)11(21)19-6-12-4-13(12,7-18-5-12)14(15,16)17/h2,18,20H,3-7H2,1H3,(H,19,21)/t12-,13-/m1/s1. The van der Waals surface area contributed by atoms with E-state index < -0.39 is 22.9 Å². The van der Waals surface area contributed by atoms with Crippen LogP contribution in [-0.4, -0.2) is 36.8 Å². The molecule has 1 saturated carbocycles. The van der Waals surface area contributed by atoms with E-state index >= 15 is 0 Å². The van der Waals surface area contributed by atoms with Crippen LogP contribution < -0.4 is 10.6 Å². The van der Waals surface area contributed by atoms with Crippen molar-refractivity contribution in [1.29, 1.82) is 0 Å². The van der Waals surface area contributed by atoms with Crippen LogP contribution in [-0.2, 0) is 6.61 Å². The lowest BCUT2D eigenvalue weighted by molar-refractivity contribution is -0.190. The molecular formula is C14H17F3N2O3. The smallest absolute Gasteiger partial charge is 0.396 e. The second-order valence-electron chi connectivity index (χ2n) is 6.21. The van der Waals surface area contributed by atoms with Gasteiger partial charge in [0.1, 0.15) is 12.4 Å². The van der Waals surface area contributed by atoms with Crippen molar-refractivity contribution in [2.24, 2.45) is 10.8 Å². The van der Waals surface area contributed by atoms with Crippen molar-refractivity contribution in [1.82, 2.24) is 10.6 Å². The zero-order valence-electron chi connectivity index (χ0n) is 12.0. The van der Waals surface area contributed by atoms with Crippen LogP contribution in [0.3, 0.4) is 0 Å². The van der Waals surface area contributed by atoms with E-state index in [1.165, 1.54) is 6.07 Å². The summed E-state index contributed by atoms with van der Waals surface area (Å²) in [6.07, 6.45) is -4.23. The van der Waals surface area contributed by atoms with Crippen LogP contribution in [0.5, 0.6) is 0 Å². The molecule has 1 saturated heterocycles. The van der Waals surface area contributed by atoms with Crippen molar-refractivity contribution >= 4 is 5.91 Å². The maximum absolute atomic E-state index is 13.2. The number of amides is 1. The number of aliphatic hydroxyl groups excluding tert-OH is 1. The van der Waals surface area contributed by atoms with Crippen LogP contribution in [0.4, 0.5) is 13.2 Å². The summed E-state index contributed by atoms with van der Waals surface area (Å²) >= 11 is 0. The van der Waals surface area contributed by atoms with Gasteiger partial charge in [-0.1, -0.05) is 0 Å². The summed E-state index contributed by atoms with van der Waals surface area (Å²) in [5.74, 6) is -0.273. The zero-order chi connectivity index (χ0) is 16.2. The SMILES string of the molecule is Cc1cc(CO)oc1C(=O)NC[C@@]12CNC[C@]1(C(F)(F)F)C2. The van der Waals surface area contributed by atoms with Crippen molar-refractivity contribution < 1.29 is 27.5 Å². The number of rotatable bonds is 4. The minimum absolute atomic E-state index is 0.0321. The summed E-state index contributed by atoms with van der Waals surface area (Å²) in [6, 6.07) is 1.53. The van der Waals surface area contributed by atoms with E-state index in [1.54, 1.807) is 6.92 Å². The second-order valence-corrected chi connectivity index (χ2v) is 6.21. The average molecular weight is 318 g/mol. The van der Waals surface area contributed by atoms with E-state index in [0.717, 1.165) is 0 Å². The van der Waals surface area contributed by atoms with E-state index in [1.807, 2.05) is 0 Å². The van der Waals surface area contributed by atoms with Crippen LogP contribution in [0.2, 0.25) is 0 Å². The lowest BCUT2D eigenvalue weighted by Crippen LogP contribution is -2.37. The molecule has 1 aromatic rings. The number of fused-ring (bicyclic) bond motifs is 1. The van der Waals surface area contributed by atoms with Crippen LogP contribution >= 0.6 is 0 Å². The molecule has 3 rings (SSSR count). The number of carbonyl (C=O) groups excluding carboxylic acids is 1. The van der Waals surface area contributed by atoms with Crippen LogP contribution in [0.25, 0.3) is 0 Å². The van der Waals surface area contributed by atoms with Crippen molar-refractivity contribution in [3.05, 3.63) is 23.2 Å². The first kappa shape index (κ1) is 15.4. The molecule has 1 aliphatic carbocycles. The Morgan fingerprint density at radius 3 is 2.77 bits per heavy atom. The Labute approximate surface area is 124 Å². The Kier molecular flexibility index (Phi) is 3.30. The maximum atomic E-state index is 13.2. The van der Waals surface area contributed by atoms with Gasteiger partial charge in [0.05, 0.1) is 5.41 Å². The number of hydrogen-bond acceptors (Lipinski definition) is 4. The summed E-state index contributed by atoms with van der Waals surface area (Å²) in [4.78, 5) is 12.1. The van der Waals surface area contributed by atoms with E-state index in [0.29, 0.717) is 5.56 Å². The fourth-order valence-corrected chi connectivity index (χ4v) is 3.51. The van der Waals surface area contributed by atoms with Crippen molar-refractivity contribution in [3.8, 4) is 0 Å². The predicted molar refractivity (Wildman–Crippen MR) is 70.1 cm³/mol. The van der Waals surface area contributed by atoms with Gasteiger partial charge in [-0.2, -0.15) is 13.2 Å². The lowest BCUT2D eigenvalue weighted by Gasteiger charge is -2.20. The molecule has 1 aliphatic heterocycles. The quantitative estimate of drug-likeness (QED) is 0.783. The third-order valence-electron chi connectivity index (χ3n) is 4.88. The van der Waals surface area contributed by atoms with Crippen LogP contribution in [0.15, 0.2) is 10.5 Å². The largest absolute Gasteiger partial charge is 0.453 e. The first-order valence-electron chi connectivity index (χ1n) is 7.00. The highest BCUT2D eigenvalue weighted by Crippen LogP contribution is 2.72. The fourth-order valence-electron chi connectivity index (χ4n) is 3.51. The Hall–Kier alpha value is -1.54. The number of alkyl halides is 3. The Morgan fingerprint density at radius 1 is 1.50 bits per heavy atom. The third-order valence-corrected chi connectivity index (χ3v) is 4.88. The summed E-state index contributed by atoms with van der Waals surface area (Å²) in [5.41, 5.74) is -2.13. The van der Waals surface area contributed by atoms with E-state index in [2.05, 4.69) is 10.6 Å². The van der Waals surface area contributed by atoms with Gasteiger partial charge in [-0.25, -0.2) is 0 Å².